The molecule has 21 heavy (non-hydrogen) atoms. The van der Waals surface area contributed by atoms with E-state index in [-0.39, 0.29) is 6.04 Å². The molecule has 1 atom stereocenters. The molecule has 2 aromatic heterocycles. The van der Waals surface area contributed by atoms with Gasteiger partial charge in [0.1, 0.15) is 0 Å². The Kier molecular flexibility index (Phi) is 5.94. The molecule has 0 bridgehead atoms. The molecule has 0 fully saturated rings. The van der Waals surface area contributed by atoms with E-state index in [1.54, 1.807) is 0 Å². The summed E-state index contributed by atoms with van der Waals surface area (Å²) in [4.78, 5) is 4.44. The van der Waals surface area contributed by atoms with Crippen LogP contribution in [-0.4, -0.2) is 21.3 Å². The summed E-state index contributed by atoms with van der Waals surface area (Å²) in [7, 11) is 0. The van der Waals surface area contributed by atoms with Crippen LogP contribution in [0.15, 0.2) is 29.0 Å². The van der Waals surface area contributed by atoms with Crippen molar-refractivity contribution in [1.29, 1.82) is 0 Å². The summed E-state index contributed by atoms with van der Waals surface area (Å²) in [6.45, 7) is 8.24. The third-order valence-electron chi connectivity index (χ3n) is 3.41. The van der Waals surface area contributed by atoms with Gasteiger partial charge in [0.05, 0.1) is 22.4 Å². The Balaban J connectivity index is 2.40. The van der Waals surface area contributed by atoms with Crippen molar-refractivity contribution in [2.24, 2.45) is 0 Å². The standard InChI is InChI=1S/C16H23BrN4/c1-4-8-18-15(13-7-6-12(3)19-10-13)16-14(17)11-20-21(16)9-5-2/h6-7,10-11,15,18H,4-5,8-9H2,1-3H3. The van der Waals surface area contributed by atoms with Crippen molar-refractivity contribution in [2.75, 3.05) is 6.54 Å². The fourth-order valence-corrected chi connectivity index (χ4v) is 2.89. The average molecular weight is 351 g/mol. The van der Waals surface area contributed by atoms with Gasteiger partial charge < -0.3 is 5.32 Å². The number of hydrogen-bond donors (Lipinski definition) is 1. The molecule has 114 valence electrons. The molecule has 1 unspecified atom stereocenters. The number of rotatable bonds is 7. The molecular formula is C16H23BrN4. The Labute approximate surface area is 135 Å². The van der Waals surface area contributed by atoms with Gasteiger partial charge in [0, 0.05) is 18.4 Å². The normalized spacial score (nSPS) is 12.6. The summed E-state index contributed by atoms with van der Waals surface area (Å²) < 4.78 is 3.13. The highest BCUT2D eigenvalue weighted by atomic mass is 79.9. The van der Waals surface area contributed by atoms with Crippen molar-refractivity contribution in [3.63, 3.8) is 0 Å². The number of pyridine rings is 1. The molecule has 2 aromatic rings. The maximum absolute atomic E-state index is 4.49. The Bertz CT molecular complexity index is 562. The summed E-state index contributed by atoms with van der Waals surface area (Å²) in [6.07, 6.45) is 5.99. The third kappa shape index (κ3) is 3.92. The molecule has 0 aliphatic rings. The second kappa shape index (κ2) is 7.71. The lowest BCUT2D eigenvalue weighted by molar-refractivity contribution is 0.509. The summed E-state index contributed by atoms with van der Waals surface area (Å²) >= 11 is 3.65. The van der Waals surface area contributed by atoms with Gasteiger partial charge in [0.15, 0.2) is 0 Å². The predicted octanol–water partition coefficient (Wildman–Crippen LogP) is 3.85. The van der Waals surface area contributed by atoms with Crippen LogP contribution in [0.2, 0.25) is 0 Å². The molecule has 2 rings (SSSR count). The number of aryl methyl sites for hydroxylation is 2. The Morgan fingerprint density at radius 3 is 2.67 bits per heavy atom. The first kappa shape index (κ1) is 16.2. The summed E-state index contributed by atoms with van der Waals surface area (Å²) in [5.41, 5.74) is 3.39. The second-order valence-electron chi connectivity index (χ2n) is 5.22. The van der Waals surface area contributed by atoms with Gasteiger partial charge in [-0.15, -0.1) is 0 Å². The minimum atomic E-state index is 0.112. The molecule has 0 amide bonds. The minimum Gasteiger partial charge on any atom is -0.305 e. The second-order valence-corrected chi connectivity index (χ2v) is 6.08. The first-order valence-electron chi connectivity index (χ1n) is 7.54. The zero-order valence-electron chi connectivity index (χ0n) is 12.9. The lowest BCUT2D eigenvalue weighted by Gasteiger charge is -2.21. The third-order valence-corrected chi connectivity index (χ3v) is 4.02. The van der Waals surface area contributed by atoms with E-state index in [1.165, 1.54) is 11.3 Å². The van der Waals surface area contributed by atoms with Gasteiger partial charge in [0.25, 0.3) is 0 Å². The first-order chi connectivity index (χ1) is 10.2. The minimum absolute atomic E-state index is 0.112. The molecule has 0 radical (unpaired) electrons. The van der Waals surface area contributed by atoms with E-state index in [4.69, 9.17) is 0 Å². The Hall–Kier alpha value is -1.20. The van der Waals surface area contributed by atoms with Crippen molar-refractivity contribution in [1.82, 2.24) is 20.1 Å². The van der Waals surface area contributed by atoms with E-state index < -0.39 is 0 Å². The smallest absolute Gasteiger partial charge is 0.0774 e. The average Bonchev–Trinajstić information content (AvgIpc) is 2.83. The van der Waals surface area contributed by atoms with Crippen LogP contribution in [0.3, 0.4) is 0 Å². The molecular weight excluding hydrogens is 328 g/mol. The fraction of sp³-hybridized carbons (Fsp3) is 0.500. The quantitative estimate of drug-likeness (QED) is 0.824. The van der Waals surface area contributed by atoms with Gasteiger partial charge in [-0.25, -0.2) is 0 Å². The van der Waals surface area contributed by atoms with E-state index >= 15 is 0 Å². The fourth-order valence-electron chi connectivity index (χ4n) is 2.36. The van der Waals surface area contributed by atoms with Gasteiger partial charge in [-0.05, 0) is 53.9 Å². The number of nitrogens with zero attached hydrogens (tertiary/aromatic N) is 3. The van der Waals surface area contributed by atoms with Crippen LogP contribution >= 0.6 is 15.9 Å². The molecule has 0 aliphatic carbocycles. The van der Waals surface area contributed by atoms with Crippen LogP contribution in [-0.2, 0) is 6.54 Å². The summed E-state index contributed by atoms with van der Waals surface area (Å²) in [5.74, 6) is 0. The van der Waals surface area contributed by atoms with Gasteiger partial charge in [-0.3, -0.25) is 9.67 Å². The van der Waals surface area contributed by atoms with E-state index in [1.807, 2.05) is 19.3 Å². The molecule has 0 aliphatic heterocycles. The van der Waals surface area contributed by atoms with Crippen LogP contribution < -0.4 is 5.32 Å². The van der Waals surface area contributed by atoms with Crippen LogP contribution in [0.5, 0.6) is 0 Å². The zero-order valence-corrected chi connectivity index (χ0v) is 14.5. The van der Waals surface area contributed by atoms with Crippen LogP contribution in [0.25, 0.3) is 0 Å². The molecule has 2 heterocycles. The highest BCUT2D eigenvalue weighted by Gasteiger charge is 2.21. The van der Waals surface area contributed by atoms with E-state index in [0.29, 0.717) is 0 Å². The van der Waals surface area contributed by atoms with Gasteiger partial charge in [0.2, 0.25) is 0 Å². The molecule has 0 saturated heterocycles. The number of halogens is 1. The lowest BCUT2D eigenvalue weighted by atomic mass is 10.0. The monoisotopic (exact) mass is 350 g/mol. The molecule has 0 saturated carbocycles. The largest absolute Gasteiger partial charge is 0.305 e. The highest BCUT2D eigenvalue weighted by molar-refractivity contribution is 9.10. The van der Waals surface area contributed by atoms with Gasteiger partial charge in [-0.1, -0.05) is 19.9 Å². The molecule has 0 spiro atoms. The first-order valence-corrected chi connectivity index (χ1v) is 8.33. The van der Waals surface area contributed by atoms with Crippen molar-refractivity contribution in [2.45, 2.75) is 46.2 Å². The molecule has 5 heteroatoms. The molecule has 4 nitrogen and oxygen atoms in total. The Morgan fingerprint density at radius 1 is 1.24 bits per heavy atom. The van der Waals surface area contributed by atoms with Gasteiger partial charge >= 0.3 is 0 Å². The van der Waals surface area contributed by atoms with Crippen LogP contribution in [0.1, 0.15) is 49.7 Å². The van der Waals surface area contributed by atoms with Gasteiger partial charge in [-0.2, -0.15) is 5.10 Å². The molecule has 1 N–H and O–H groups in total. The van der Waals surface area contributed by atoms with E-state index in [9.17, 15) is 0 Å². The molecule has 0 aromatic carbocycles. The van der Waals surface area contributed by atoms with E-state index in [2.05, 4.69) is 62.0 Å². The van der Waals surface area contributed by atoms with Crippen LogP contribution in [0, 0.1) is 6.92 Å². The van der Waals surface area contributed by atoms with Crippen molar-refractivity contribution < 1.29 is 0 Å². The summed E-state index contributed by atoms with van der Waals surface area (Å²) in [5, 5.41) is 8.10. The van der Waals surface area contributed by atoms with Crippen molar-refractivity contribution >= 4 is 15.9 Å². The highest BCUT2D eigenvalue weighted by Crippen LogP contribution is 2.28. The van der Waals surface area contributed by atoms with Crippen LogP contribution in [0.4, 0.5) is 0 Å². The summed E-state index contributed by atoms with van der Waals surface area (Å²) in [6, 6.07) is 4.32. The number of nitrogens with one attached hydrogen (secondary N) is 1. The maximum atomic E-state index is 4.49. The van der Waals surface area contributed by atoms with Crippen molar-refractivity contribution in [3.05, 3.63) is 46.0 Å². The number of hydrogen-bond acceptors (Lipinski definition) is 3. The zero-order chi connectivity index (χ0) is 15.2. The SMILES string of the molecule is CCCNC(c1ccc(C)nc1)c1c(Br)cnn1CCC. The maximum Gasteiger partial charge on any atom is 0.0774 e. The van der Waals surface area contributed by atoms with E-state index in [0.717, 1.165) is 36.1 Å². The predicted molar refractivity (Wildman–Crippen MR) is 89.3 cm³/mol. The lowest BCUT2D eigenvalue weighted by Crippen LogP contribution is -2.26. The van der Waals surface area contributed by atoms with Crippen molar-refractivity contribution in [3.8, 4) is 0 Å². The Morgan fingerprint density at radius 2 is 2.05 bits per heavy atom. The topological polar surface area (TPSA) is 42.7 Å². The number of aromatic nitrogens is 3.